The van der Waals surface area contributed by atoms with Crippen LogP contribution >= 0.6 is 34.8 Å². The Morgan fingerprint density at radius 3 is 2.43 bits per heavy atom. The van der Waals surface area contributed by atoms with E-state index < -0.39 is 0 Å². The Hall–Kier alpha value is -2.14. The molecule has 1 N–H and O–H groups in total. The normalized spacial score (nSPS) is 14.7. The van der Waals surface area contributed by atoms with Crippen molar-refractivity contribution in [1.29, 1.82) is 0 Å². The molecule has 0 spiro atoms. The molecular formula is C23H21Cl3N2O2. The Kier molecular flexibility index (Phi) is 6.28. The van der Waals surface area contributed by atoms with Crippen molar-refractivity contribution in [2.45, 2.75) is 19.8 Å². The summed E-state index contributed by atoms with van der Waals surface area (Å²) in [5.74, 6) is 1.13. The van der Waals surface area contributed by atoms with Crippen LogP contribution in [0.15, 0.2) is 52.9 Å². The maximum atomic E-state index is 12.6. The van der Waals surface area contributed by atoms with Gasteiger partial charge in [-0.15, -0.1) is 0 Å². The van der Waals surface area contributed by atoms with Crippen LogP contribution in [0.25, 0.3) is 11.3 Å². The molecule has 0 aliphatic carbocycles. The molecule has 3 aromatic rings. The van der Waals surface area contributed by atoms with Crippen molar-refractivity contribution in [2.24, 2.45) is 5.92 Å². The second kappa shape index (κ2) is 8.93. The zero-order valence-electron chi connectivity index (χ0n) is 16.4. The van der Waals surface area contributed by atoms with E-state index in [-0.39, 0.29) is 11.7 Å². The molecule has 1 saturated heterocycles. The van der Waals surface area contributed by atoms with E-state index in [0.29, 0.717) is 26.5 Å². The van der Waals surface area contributed by atoms with Crippen LogP contribution in [0.4, 0.5) is 11.4 Å². The van der Waals surface area contributed by atoms with Gasteiger partial charge in [0.15, 0.2) is 5.76 Å². The van der Waals surface area contributed by atoms with Gasteiger partial charge < -0.3 is 14.6 Å². The minimum absolute atomic E-state index is 0.196. The molecule has 0 atom stereocenters. The largest absolute Gasteiger partial charge is 0.451 e. The molecule has 2 aromatic carbocycles. The summed E-state index contributed by atoms with van der Waals surface area (Å²) in [4.78, 5) is 14.9. The van der Waals surface area contributed by atoms with Crippen LogP contribution in [-0.4, -0.2) is 19.0 Å². The van der Waals surface area contributed by atoms with Gasteiger partial charge in [0, 0.05) is 24.3 Å². The number of amides is 1. The van der Waals surface area contributed by atoms with Gasteiger partial charge in [-0.2, -0.15) is 0 Å². The van der Waals surface area contributed by atoms with Crippen molar-refractivity contribution < 1.29 is 9.21 Å². The lowest BCUT2D eigenvalue weighted by atomic mass is 9.99. The summed E-state index contributed by atoms with van der Waals surface area (Å²) in [6.07, 6.45) is 2.32. The third-order valence-corrected chi connectivity index (χ3v) is 6.41. The molecule has 2 heterocycles. The highest BCUT2D eigenvalue weighted by molar-refractivity contribution is 6.42. The van der Waals surface area contributed by atoms with Gasteiger partial charge in [0.05, 0.1) is 20.8 Å². The van der Waals surface area contributed by atoms with Crippen molar-refractivity contribution in [1.82, 2.24) is 0 Å². The maximum Gasteiger partial charge on any atom is 0.291 e. The fourth-order valence-corrected chi connectivity index (χ4v) is 4.15. The zero-order chi connectivity index (χ0) is 21.3. The van der Waals surface area contributed by atoms with E-state index in [1.807, 2.05) is 12.1 Å². The second-order valence-corrected chi connectivity index (χ2v) is 8.80. The fraction of sp³-hybridized carbons (Fsp3) is 0.261. The van der Waals surface area contributed by atoms with Crippen LogP contribution in [0.3, 0.4) is 0 Å². The van der Waals surface area contributed by atoms with Crippen molar-refractivity contribution in [3.05, 3.63) is 69.4 Å². The minimum atomic E-state index is -0.350. The van der Waals surface area contributed by atoms with E-state index in [4.69, 9.17) is 39.2 Å². The maximum absolute atomic E-state index is 12.6. The van der Waals surface area contributed by atoms with Gasteiger partial charge in [-0.3, -0.25) is 4.79 Å². The van der Waals surface area contributed by atoms with Crippen molar-refractivity contribution in [3.8, 4) is 11.3 Å². The van der Waals surface area contributed by atoms with Crippen LogP contribution < -0.4 is 10.2 Å². The van der Waals surface area contributed by atoms with Crippen molar-refractivity contribution in [2.75, 3.05) is 23.3 Å². The predicted molar refractivity (Wildman–Crippen MR) is 124 cm³/mol. The SMILES string of the molecule is CC1CCN(c2ccc(NC(=O)c3ccc(-c4ccc(Cl)c(Cl)c4)o3)cc2Cl)CC1. The molecule has 30 heavy (non-hydrogen) atoms. The monoisotopic (exact) mass is 462 g/mol. The van der Waals surface area contributed by atoms with Crippen LogP contribution in [-0.2, 0) is 0 Å². The number of benzene rings is 2. The Bertz CT molecular complexity index is 1070. The third-order valence-electron chi connectivity index (χ3n) is 5.36. The van der Waals surface area contributed by atoms with Gasteiger partial charge in [0.2, 0.25) is 0 Å². The lowest BCUT2D eigenvalue weighted by Gasteiger charge is -2.32. The van der Waals surface area contributed by atoms with E-state index in [1.165, 1.54) is 0 Å². The molecule has 1 aromatic heterocycles. The summed E-state index contributed by atoms with van der Waals surface area (Å²) in [6.45, 7) is 4.27. The molecular weight excluding hydrogens is 443 g/mol. The predicted octanol–water partition coefficient (Wildman–Crippen LogP) is 7.40. The van der Waals surface area contributed by atoms with E-state index in [0.717, 1.165) is 43.1 Å². The highest BCUT2D eigenvalue weighted by Crippen LogP contribution is 2.33. The van der Waals surface area contributed by atoms with Gasteiger partial charge in [-0.05, 0) is 67.3 Å². The van der Waals surface area contributed by atoms with E-state index in [2.05, 4.69) is 17.1 Å². The summed E-state index contributed by atoms with van der Waals surface area (Å²) < 4.78 is 5.70. The number of hydrogen-bond donors (Lipinski definition) is 1. The van der Waals surface area contributed by atoms with Gasteiger partial charge >= 0.3 is 0 Å². The number of rotatable bonds is 4. The van der Waals surface area contributed by atoms with Gasteiger partial charge in [-0.1, -0.05) is 41.7 Å². The number of furan rings is 1. The Morgan fingerprint density at radius 1 is 0.967 bits per heavy atom. The Morgan fingerprint density at radius 2 is 1.73 bits per heavy atom. The minimum Gasteiger partial charge on any atom is -0.451 e. The summed E-state index contributed by atoms with van der Waals surface area (Å²) in [5, 5.41) is 4.35. The molecule has 4 nitrogen and oxygen atoms in total. The highest BCUT2D eigenvalue weighted by Gasteiger charge is 2.19. The first kappa shape index (κ1) is 21.1. The lowest BCUT2D eigenvalue weighted by molar-refractivity contribution is 0.0997. The number of piperidine rings is 1. The molecule has 1 fully saturated rings. The molecule has 4 rings (SSSR count). The zero-order valence-corrected chi connectivity index (χ0v) is 18.7. The molecule has 1 aliphatic rings. The summed E-state index contributed by atoms with van der Waals surface area (Å²) in [6, 6.07) is 14.1. The molecule has 0 saturated carbocycles. The summed E-state index contributed by atoms with van der Waals surface area (Å²) >= 11 is 18.5. The average molecular weight is 464 g/mol. The van der Waals surface area contributed by atoms with Gasteiger partial charge in [0.25, 0.3) is 5.91 Å². The Balaban J connectivity index is 1.46. The van der Waals surface area contributed by atoms with Gasteiger partial charge in [0.1, 0.15) is 5.76 Å². The standard InChI is InChI=1S/C23H21Cl3N2O2/c1-14-8-10-28(11-9-14)20-5-3-16(13-19(20)26)27-23(29)22-7-6-21(30-22)15-2-4-17(24)18(25)12-15/h2-7,12-14H,8-11H2,1H3,(H,27,29). The first-order chi connectivity index (χ1) is 14.4. The van der Waals surface area contributed by atoms with Crippen LogP contribution in [0.1, 0.15) is 30.3 Å². The second-order valence-electron chi connectivity index (χ2n) is 7.58. The van der Waals surface area contributed by atoms with Crippen LogP contribution in [0, 0.1) is 5.92 Å². The quantitative estimate of drug-likeness (QED) is 0.438. The van der Waals surface area contributed by atoms with E-state index in [9.17, 15) is 4.79 Å². The Labute approximate surface area is 190 Å². The van der Waals surface area contributed by atoms with Gasteiger partial charge in [-0.25, -0.2) is 0 Å². The first-order valence-electron chi connectivity index (χ1n) is 9.82. The number of halogens is 3. The molecule has 0 bridgehead atoms. The average Bonchev–Trinajstić information content (AvgIpc) is 3.21. The summed E-state index contributed by atoms with van der Waals surface area (Å²) in [7, 11) is 0. The van der Waals surface area contributed by atoms with Crippen molar-refractivity contribution >= 4 is 52.1 Å². The fourth-order valence-electron chi connectivity index (χ4n) is 3.55. The lowest BCUT2D eigenvalue weighted by Crippen LogP contribution is -2.32. The number of hydrogen-bond acceptors (Lipinski definition) is 3. The number of carbonyl (C=O) groups excluding carboxylic acids is 1. The number of carbonyl (C=O) groups is 1. The summed E-state index contributed by atoms with van der Waals surface area (Å²) in [5.41, 5.74) is 2.36. The van der Waals surface area contributed by atoms with Crippen LogP contribution in [0.5, 0.6) is 0 Å². The first-order valence-corrected chi connectivity index (χ1v) is 10.9. The van der Waals surface area contributed by atoms with Crippen molar-refractivity contribution in [3.63, 3.8) is 0 Å². The smallest absolute Gasteiger partial charge is 0.291 e. The molecule has 156 valence electrons. The number of nitrogens with one attached hydrogen (secondary N) is 1. The third kappa shape index (κ3) is 4.61. The highest BCUT2D eigenvalue weighted by atomic mass is 35.5. The number of nitrogens with zero attached hydrogens (tertiary/aromatic N) is 1. The van der Waals surface area contributed by atoms with E-state index >= 15 is 0 Å². The van der Waals surface area contributed by atoms with Crippen LogP contribution in [0.2, 0.25) is 15.1 Å². The molecule has 1 aliphatic heterocycles. The molecule has 0 unspecified atom stereocenters. The topological polar surface area (TPSA) is 45.5 Å². The molecule has 0 radical (unpaired) electrons. The molecule has 7 heteroatoms. The van der Waals surface area contributed by atoms with E-state index in [1.54, 1.807) is 36.4 Å². The molecule has 1 amide bonds. The number of anilines is 2.